The molecule has 0 radical (unpaired) electrons. The lowest BCUT2D eigenvalue weighted by Gasteiger charge is -2.07. The van der Waals surface area contributed by atoms with Crippen molar-refractivity contribution in [1.82, 2.24) is 20.2 Å². The molecule has 1 aromatic carbocycles. The number of nitrogens with zero attached hydrogens (tertiary/aromatic N) is 4. The third-order valence-electron chi connectivity index (χ3n) is 4.46. The largest absolute Gasteiger partial charge is 0.365 e. The molecule has 7 nitrogen and oxygen atoms in total. The summed E-state index contributed by atoms with van der Waals surface area (Å²) in [5, 5.41) is 12.9. The van der Waals surface area contributed by atoms with E-state index in [4.69, 9.17) is 0 Å². The lowest BCUT2D eigenvalue weighted by Crippen LogP contribution is -2.02. The molecule has 3 aromatic heterocycles. The van der Waals surface area contributed by atoms with Crippen LogP contribution >= 0.6 is 11.3 Å². The lowest BCUT2D eigenvalue weighted by atomic mass is 10.1. The Morgan fingerprint density at radius 1 is 1.04 bits per heavy atom. The normalized spacial score (nSPS) is 11.5. The van der Waals surface area contributed by atoms with Crippen molar-refractivity contribution in [2.75, 3.05) is 5.32 Å². The number of hydrogen-bond acceptors (Lipinski definition) is 8. The Morgan fingerprint density at radius 2 is 1.78 bits per heavy atom. The highest BCUT2D eigenvalue weighted by Crippen LogP contribution is 2.36. The highest BCUT2D eigenvalue weighted by molar-refractivity contribution is 7.71. The summed E-state index contributed by atoms with van der Waals surface area (Å²) in [4.78, 5) is 9.70. The van der Waals surface area contributed by atoms with Gasteiger partial charge in [0.15, 0.2) is 0 Å². The number of thiol groups is 1. The number of anilines is 1. The average molecular weight is 400 g/mol. The van der Waals surface area contributed by atoms with E-state index < -0.39 is 10.7 Å². The Balaban J connectivity index is 1.63. The summed E-state index contributed by atoms with van der Waals surface area (Å²) in [7, 11) is -2.41. The van der Waals surface area contributed by atoms with Crippen LogP contribution in [-0.4, -0.2) is 28.6 Å². The van der Waals surface area contributed by atoms with E-state index in [0.29, 0.717) is 6.54 Å². The summed E-state index contributed by atoms with van der Waals surface area (Å²) in [6.45, 7) is 4.55. The Bertz CT molecular complexity index is 1210. The monoisotopic (exact) mass is 399 g/mol. The van der Waals surface area contributed by atoms with Crippen LogP contribution in [-0.2, 0) is 23.0 Å². The van der Waals surface area contributed by atoms with Crippen molar-refractivity contribution in [2.45, 2.75) is 26.1 Å². The first-order valence-corrected chi connectivity index (χ1v) is 10.5. The van der Waals surface area contributed by atoms with Gasteiger partial charge in [-0.25, -0.2) is 18.4 Å². The Kier molecular flexibility index (Phi) is 4.71. The van der Waals surface area contributed by atoms with E-state index in [2.05, 4.69) is 25.5 Å². The minimum Gasteiger partial charge on any atom is -0.365 e. The minimum atomic E-state index is -2.41. The van der Waals surface area contributed by atoms with Crippen LogP contribution in [0, 0.1) is 13.8 Å². The first-order chi connectivity index (χ1) is 13.0. The molecule has 0 bridgehead atoms. The first-order valence-electron chi connectivity index (χ1n) is 8.33. The second-order valence-corrected chi connectivity index (χ2v) is 8.23. The zero-order chi connectivity index (χ0) is 19.0. The number of nitrogens with one attached hydrogen (secondary N) is 1. The van der Waals surface area contributed by atoms with E-state index >= 15 is 0 Å². The molecular formula is C18H17N5O2S2. The summed E-state index contributed by atoms with van der Waals surface area (Å²) in [6, 6.07) is 7.50. The molecule has 4 aromatic rings. The van der Waals surface area contributed by atoms with Crippen molar-refractivity contribution >= 4 is 48.3 Å². The van der Waals surface area contributed by atoms with Gasteiger partial charge in [-0.1, -0.05) is 24.3 Å². The fourth-order valence-corrected chi connectivity index (χ4v) is 4.51. The molecule has 0 amide bonds. The molecule has 9 heteroatoms. The van der Waals surface area contributed by atoms with Crippen LogP contribution in [0.2, 0.25) is 0 Å². The van der Waals surface area contributed by atoms with Crippen LogP contribution in [0.3, 0.4) is 0 Å². The maximum atomic E-state index is 10.8. The predicted molar refractivity (Wildman–Crippen MR) is 108 cm³/mol. The molecular weight excluding hydrogens is 382 g/mol. The van der Waals surface area contributed by atoms with Gasteiger partial charge in [0.25, 0.3) is 0 Å². The fraction of sp³-hybridized carbons (Fsp3) is 0.222. The van der Waals surface area contributed by atoms with Gasteiger partial charge in [-0.05, 0) is 30.5 Å². The molecule has 0 fully saturated rings. The third kappa shape index (κ3) is 3.47. The van der Waals surface area contributed by atoms with Crippen LogP contribution in [0.4, 0.5) is 5.82 Å². The zero-order valence-electron chi connectivity index (χ0n) is 14.8. The number of rotatable bonds is 5. The van der Waals surface area contributed by atoms with Gasteiger partial charge in [0.1, 0.15) is 27.7 Å². The highest BCUT2D eigenvalue weighted by atomic mass is 32.2. The Hall–Kier alpha value is -2.65. The lowest BCUT2D eigenvalue weighted by molar-refractivity contribution is 0.614. The summed E-state index contributed by atoms with van der Waals surface area (Å²) in [5.41, 5.74) is 4.70. The van der Waals surface area contributed by atoms with Gasteiger partial charge in [0.05, 0.1) is 21.7 Å². The topological polar surface area (TPSA) is 97.7 Å². The van der Waals surface area contributed by atoms with E-state index in [1.54, 1.807) is 6.33 Å². The highest BCUT2D eigenvalue weighted by Gasteiger charge is 2.15. The van der Waals surface area contributed by atoms with Gasteiger partial charge in [-0.3, -0.25) is 0 Å². The summed E-state index contributed by atoms with van der Waals surface area (Å²) < 4.78 is 22.6. The van der Waals surface area contributed by atoms with Crippen molar-refractivity contribution in [2.24, 2.45) is 0 Å². The van der Waals surface area contributed by atoms with Gasteiger partial charge in [0.2, 0.25) is 0 Å². The summed E-state index contributed by atoms with van der Waals surface area (Å²) >= 11 is 1.53. The molecule has 0 aliphatic heterocycles. The van der Waals surface area contributed by atoms with Crippen molar-refractivity contribution < 1.29 is 8.42 Å². The van der Waals surface area contributed by atoms with Crippen LogP contribution in [0.15, 0.2) is 30.6 Å². The average Bonchev–Trinajstić information content (AvgIpc) is 3.03. The number of aromatic nitrogens is 4. The maximum Gasteiger partial charge on any atom is 0.149 e. The minimum absolute atomic E-state index is 0.0666. The van der Waals surface area contributed by atoms with Gasteiger partial charge in [-0.2, -0.15) is 5.10 Å². The molecule has 0 saturated heterocycles. The Morgan fingerprint density at radius 3 is 2.52 bits per heavy atom. The van der Waals surface area contributed by atoms with Crippen LogP contribution in [0.5, 0.6) is 0 Å². The van der Waals surface area contributed by atoms with Crippen molar-refractivity contribution in [3.05, 3.63) is 53.0 Å². The van der Waals surface area contributed by atoms with Gasteiger partial charge in [-0.15, -0.1) is 16.4 Å². The summed E-state index contributed by atoms with van der Waals surface area (Å²) in [5.74, 6) is 0.823. The van der Waals surface area contributed by atoms with Crippen LogP contribution in [0.1, 0.15) is 22.4 Å². The standard InChI is InChI=1S/C18H17N5O2S2/c1-10-11(2)22-23-18-14(10)15-16(26-18)17(21-9-20-15)19-7-12-3-5-13(6-4-12)8-27(24)25/h3-6,9,27H,7-8H2,1-2H3,(H,19,20,21). The quantitative estimate of drug-likeness (QED) is 0.498. The van der Waals surface area contributed by atoms with Crippen LogP contribution in [0.25, 0.3) is 20.4 Å². The number of aryl methyl sites for hydroxylation is 2. The van der Waals surface area contributed by atoms with E-state index in [9.17, 15) is 8.42 Å². The molecule has 27 heavy (non-hydrogen) atoms. The van der Waals surface area contributed by atoms with E-state index in [0.717, 1.165) is 48.6 Å². The van der Waals surface area contributed by atoms with E-state index in [-0.39, 0.29) is 5.75 Å². The van der Waals surface area contributed by atoms with Gasteiger partial charge >= 0.3 is 0 Å². The molecule has 0 spiro atoms. The molecule has 138 valence electrons. The molecule has 3 heterocycles. The molecule has 1 N–H and O–H groups in total. The smallest absolute Gasteiger partial charge is 0.149 e. The predicted octanol–water partition coefficient (Wildman–Crippen LogP) is 2.97. The van der Waals surface area contributed by atoms with Gasteiger partial charge < -0.3 is 5.32 Å². The Labute approximate surface area is 161 Å². The fourth-order valence-electron chi connectivity index (χ4n) is 2.91. The molecule has 0 unspecified atom stereocenters. The second-order valence-electron chi connectivity index (χ2n) is 6.25. The molecule has 0 atom stereocenters. The van der Waals surface area contributed by atoms with E-state index in [1.165, 1.54) is 11.3 Å². The number of benzene rings is 1. The SMILES string of the molecule is Cc1nnc2sc3c(NCc4ccc(C[SH](=O)=O)cc4)ncnc3c2c1C. The summed E-state index contributed by atoms with van der Waals surface area (Å²) in [6.07, 6.45) is 1.56. The number of thiophene rings is 1. The number of hydrogen-bond donors (Lipinski definition) is 2. The number of fused-ring (bicyclic) bond motifs is 3. The van der Waals surface area contributed by atoms with Crippen molar-refractivity contribution in [1.29, 1.82) is 0 Å². The second kappa shape index (κ2) is 7.16. The first kappa shape index (κ1) is 17.7. The van der Waals surface area contributed by atoms with E-state index in [1.807, 2.05) is 38.1 Å². The van der Waals surface area contributed by atoms with Crippen LogP contribution < -0.4 is 5.32 Å². The van der Waals surface area contributed by atoms with Crippen molar-refractivity contribution in [3.8, 4) is 0 Å². The molecule has 0 aliphatic carbocycles. The third-order valence-corrected chi connectivity index (χ3v) is 6.15. The van der Waals surface area contributed by atoms with Gasteiger partial charge in [0, 0.05) is 11.9 Å². The maximum absolute atomic E-state index is 10.8. The molecule has 0 aliphatic rings. The zero-order valence-corrected chi connectivity index (χ0v) is 16.5. The molecule has 0 saturated carbocycles. The van der Waals surface area contributed by atoms with Crippen molar-refractivity contribution in [3.63, 3.8) is 0 Å². The molecule has 4 rings (SSSR count).